The van der Waals surface area contributed by atoms with E-state index in [1.807, 2.05) is 42.5 Å². The van der Waals surface area contributed by atoms with Crippen LogP contribution in [0.4, 0.5) is 5.69 Å². The minimum absolute atomic E-state index is 0.0369. The maximum absolute atomic E-state index is 12.8. The van der Waals surface area contributed by atoms with E-state index in [-0.39, 0.29) is 17.4 Å². The predicted octanol–water partition coefficient (Wildman–Crippen LogP) is 4.25. The number of amides is 1. The molecular weight excluding hydrogens is 396 g/mol. The summed E-state index contributed by atoms with van der Waals surface area (Å²) < 4.78 is 2.08. The molecule has 2 heterocycles. The monoisotopic (exact) mass is 418 g/mol. The Bertz CT molecular complexity index is 1070. The van der Waals surface area contributed by atoms with Crippen LogP contribution in [0.15, 0.2) is 59.8 Å². The van der Waals surface area contributed by atoms with Crippen molar-refractivity contribution in [2.45, 2.75) is 36.8 Å². The highest BCUT2D eigenvalue weighted by atomic mass is 32.2. The smallest absolute Gasteiger partial charge is 0.227 e. The molecule has 2 fully saturated rings. The number of para-hydroxylation sites is 1. The first-order chi connectivity index (χ1) is 14.7. The Labute approximate surface area is 179 Å². The lowest BCUT2D eigenvalue weighted by Gasteiger charge is -2.15. The first kappa shape index (κ1) is 19.1. The van der Waals surface area contributed by atoms with Gasteiger partial charge in [0.25, 0.3) is 0 Å². The van der Waals surface area contributed by atoms with Gasteiger partial charge in [0, 0.05) is 35.8 Å². The quantitative estimate of drug-likeness (QED) is 0.424. The third-order valence-corrected chi connectivity index (χ3v) is 6.45. The standard InChI is InChI=1S/C23H22N4O2S/c28-20(16-10-12-18(13-11-16)26-14-4-7-21(26)29)15-30-23-25-24-22(17-8-9-17)27(23)19-5-2-1-3-6-19/h1-3,5-6,10-13,17H,4,7-9,14-15H2. The molecule has 1 aliphatic heterocycles. The summed E-state index contributed by atoms with van der Waals surface area (Å²) in [5.41, 5.74) is 2.53. The Balaban J connectivity index is 1.30. The lowest BCUT2D eigenvalue weighted by Crippen LogP contribution is -2.23. The van der Waals surface area contributed by atoms with E-state index in [9.17, 15) is 9.59 Å². The molecule has 1 saturated heterocycles. The average Bonchev–Trinajstić information content (AvgIpc) is 3.40. The molecule has 30 heavy (non-hydrogen) atoms. The zero-order valence-electron chi connectivity index (χ0n) is 16.5. The first-order valence-corrected chi connectivity index (χ1v) is 11.3. The van der Waals surface area contributed by atoms with E-state index in [1.165, 1.54) is 11.8 Å². The minimum Gasteiger partial charge on any atom is -0.312 e. The van der Waals surface area contributed by atoms with Crippen LogP contribution in [0.3, 0.4) is 0 Å². The first-order valence-electron chi connectivity index (χ1n) is 10.3. The van der Waals surface area contributed by atoms with Crippen LogP contribution in [0.25, 0.3) is 5.69 Å². The molecule has 0 unspecified atom stereocenters. The van der Waals surface area contributed by atoms with Gasteiger partial charge in [0.15, 0.2) is 10.9 Å². The van der Waals surface area contributed by atoms with Crippen LogP contribution in [0.5, 0.6) is 0 Å². The number of ketones is 1. The van der Waals surface area contributed by atoms with Crippen molar-refractivity contribution in [3.05, 3.63) is 66.0 Å². The number of anilines is 1. The average molecular weight is 419 g/mol. The van der Waals surface area contributed by atoms with E-state index < -0.39 is 0 Å². The van der Waals surface area contributed by atoms with Crippen molar-refractivity contribution < 1.29 is 9.59 Å². The Morgan fingerprint density at radius 2 is 1.77 bits per heavy atom. The number of carbonyl (C=O) groups excluding carboxylic acids is 2. The molecule has 1 saturated carbocycles. The lowest BCUT2D eigenvalue weighted by molar-refractivity contribution is -0.117. The van der Waals surface area contributed by atoms with Gasteiger partial charge in [-0.3, -0.25) is 14.2 Å². The molecule has 1 amide bonds. The van der Waals surface area contributed by atoms with Crippen LogP contribution >= 0.6 is 11.8 Å². The highest BCUT2D eigenvalue weighted by Crippen LogP contribution is 2.41. The second-order valence-corrected chi connectivity index (χ2v) is 8.64. The zero-order chi connectivity index (χ0) is 20.5. The largest absolute Gasteiger partial charge is 0.312 e. The fourth-order valence-electron chi connectivity index (χ4n) is 3.76. The molecule has 6 nitrogen and oxygen atoms in total. The Kier molecular flexibility index (Phi) is 5.12. The van der Waals surface area contributed by atoms with Gasteiger partial charge in [-0.15, -0.1) is 10.2 Å². The summed E-state index contributed by atoms with van der Waals surface area (Å²) in [6, 6.07) is 17.4. The van der Waals surface area contributed by atoms with Gasteiger partial charge in [-0.25, -0.2) is 0 Å². The third-order valence-electron chi connectivity index (χ3n) is 5.52. The molecule has 0 bridgehead atoms. The molecule has 1 aromatic heterocycles. The molecule has 0 radical (unpaired) electrons. The summed E-state index contributed by atoms with van der Waals surface area (Å²) in [5, 5.41) is 9.53. The van der Waals surface area contributed by atoms with E-state index in [0.29, 0.717) is 17.9 Å². The van der Waals surface area contributed by atoms with E-state index in [1.54, 1.807) is 17.0 Å². The summed E-state index contributed by atoms with van der Waals surface area (Å²) in [7, 11) is 0. The zero-order valence-corrected chi connectivity index (χ0v) is 17.3. The van der Waals surface area contributed by atoms with Gasteiger partial charge in [0.05, 0.1) is 5.75 Å². The highest BCUT2D eigenvalue weighted by Gasteiger charge is 2.31. The van der Waals surface area contributed by atoms with Gasteiger partial charge in [-0.05, 0) is 55.7 Å². The van der Waals surface area contributed by atoms with E-state index in [4.69, 9.17) is 0 Å². The van der Waals surface area contributed by atoms with Crippen LogP contribution in [-0.2, 0) is 4.79 Å². The number of nitrogens with zero attached hydrogens (tertiary/aromatic N) is 4. The molecule has 0 atom stereocenters. The van der Waals surface area contributed by atoms with Crippen LogP contribution < -0.4 is 4.90 Å². The number of aromatic nitrogens is 3. The van der Waals surface area contributed by atoms with Gasteiger partial charge >= 0.3 is 0 Å². The summed E-state index contributed by atoms with van der Waals surface area (Å²) in [5.74, 6) is 1.92. The summed E-state index contributed by atoms with van der Waals surface area (Å²) in [6.07, 6.45) is 3.77. The van der Waals surface area contributed by atoms with Crippen molar-refractivity contribution in [1.29, 1.82) is 0 Å². The second kappa shape index (κ2) is 8.07. The maximum Gasteiger partial charge on any atom is 0.227 e. The molecule has 2 aliphatic rings. The molecular formula is C23H22N4O2S. The van der Waals surface area contributed by atoms with E-state index in [2.05, 4.69) is 14.8 Å². The SMILES string of the molecule is O=C(CSc1nnc(C2CC2)n1-c1ccccc1)c1ccc(N2CCCC2=O)cc1. The van der Waals surface area contributed by atoms with Crippen molar-refractivity contribution in [2.75, 3.05) is 17.2 Å². The topological polar surface area (TPSA) is 68.1 Å². The van der Waals surface area contributed by atoms with Gasteiger partial charge < -0.3 is 4.90 Å². The van der Waals surface area contributed by atoms with Crippen LogP contribution in [-0.4, -0.2) is 38.8 Å². The lowest BCUT2D eigenvalue weighted by atomic mass is 10.1. The summed E-state index contributed by atoms with van der Waals surface area (Å²) in [6.45, 7) is 0.750. The number of benzene rings is 2. The van der Waals surface area contributed by atoms with Crippen LogP contribution in [0.1, 0.15) is 47.8 Å². The van der Waals surface area contributed by atoms with Gasteiger partial charge in [0.2, 0.25) is 5.91 Å². The minimum atomic E-state index is 0.0369. The van der Waals surface area contributed by atoms with E-state index in [0.717, 1.165) is 48.2 Å². The van der Waals surface area contributed by atoms with Crippen molar-refractivity contribution in [1.82, 2.24) is 14.8 Å². The maximum atomic E-state index is 12.8. The third kappa shape index (κ3) is 3.77. The van der Waals surface area contributed by atoms with Crippen LogP contribution in [0.2, 0.25) is 0 Å². The fourth-order valence-corrected chi connectivity index (χ4v) is 4.62. The number of carbonyl (C=O) groups is 2. The van der Waals surface area contributed by atoms with Crippen molar-refractivity contribution in [3.63, 3.8) is 0 Å². The Morgan fingerprint density at radius 3 is 2.43 bits per heavy atom. The normalized spacial score (nSPS) is 16.3. The molecule has 3 aromatic rings. The van der Waals surface area contributed by atoms with Crippen molar-refractivity contribution in [2.24, 2.45) is 0 Å². The number of Topliss-reactive ketones (excluding diaryl/α,β-unsaturated/α-hetero) is 1. The summed E-state index contributed by atoms with van der Waals surface area (Å²) in [4.78, 5) is 26.4. The van der Waals surface area contributed by atoms with Gasteiger partial charge in [-0.1, -0.05) is 30.0 Å². The molecule has 0 spiro atoms. The number of hydrogen-bond acceptors (Lipinski definition) is 5. The molecule has 0 N–H and O–H groups in total. The van der Waals surface area contributed by atoms with Gasteiger partial charge in [-0.2, -0.15) is 0 Å². The van der Waals surface area contributed by atoms with Crippen molar-refractivity contribution in [3.8, 4) is 5.69 Å². The number of rotatable bonds is 7. The molecule has 152 valence electrons. The molecule has 2 aromatic carbocycles. The molecule has 1 aliphatic carbocycles. The second-order valence-electron chi connectivity index (χ2n) is 7.69. The van der Waals surface area contributed by atoms with Crippen LogP contribution in [0, 0.1) is 0 Å². The summed E-state index contributed by atoms with van der Waals surface area (Å²) >= 11 is 1.42. The predicted molar refractivity (Wildman–Crippen MR) is 116 cm³/mol. The van der Waals surface area contributed by atoms with E-state index >= 15 is 0 Å². The Hall–Kier alpha value is -2.93. The Morgan fingerprint density at radius 1 is 1.00 bits per heavy atom. The highest BCUT2D eigenvalue weighted by molar-refractivity contribution is 7.99. The fraction of sp³-hybridized carbons (Fsp3) is 0.304. The number of thioether (sulfide) groups is 1. The van der Waals surface area contributed by atoms with Gasteiger partial charge in [0.1, 0.15) is 5.82 Å². The number of hydrogen-bond donors (Lipinski definition) is 0. The molecule has 7 heteroatoms. The van der Waals surface area contributed by atoms with Crippen molar-refractivity contribution >= 4 is 29.1 Å². The molecule has 5 rings (SSSR count).